The molecule has 0 aliphatic carbocycles. The van der Waals surface area contributed by atoms with Gasteiger partial charge in [-0.15, -0.1) is 0 Å². The van der Waals surface area contributed by atoms with E-state index in [1.54, 1.807) is 12.4 Å². The molecule has 0 saturated carbocycles. The molecule has 5 nitrogen and oxygen atoms in total. The van der Waals surface area contributed by atoms with Gasteiger partial charge in [0.1, 0.15) is 5.82 Å². The fourth-order valence-electron chi connectivity index (χ4n) is 1.80. The van der Waals surface area contributed by atoms with Crippen molar-refractivity contribution in [3.8, 4) is 0 Å². The number of nitrogens with one attached hydrogen (secondary N) is 1. The summed E-state index contributed by atoms with van der Waals surface area (Å²) in [6, 6.07) is 5.84. The third-order valence-corrected chi connectivity index (χ3v) is 2.89. The molecule has 0 bridgehead atoms. The first-order chi connectivity index (χ1) is 9.33. The van der Waals surface area contributed by atoms with E-state index in [0.717, 1.165) is 30.4 Å². The molecule has 0 aromatic carbocycles. The van der Waals surface area contributed by atoms with Crippen LogP contribution in [0.2, 0.25) is 0 Å². The Morgan fingerprint density at radius 1 is 1.16 bits per heavy atom. The lowest BCUT2D eigenvalue weighted by atomic mass is 10.3. The van der Waals surface area contributed by atoms with E-state index in [2.05, 4.69) is 39.0 Å². The summed E-state index contributed by atoms with van der Waals surface area (Å²) in [7, 11) is 0. The molecule has 0 amide bonds. The molecule has 2 aromatic rings. The molecule has 2 aromatic heterocycles. The Bertz CT molecular complexity index is 496. The number of rotatable bonds is 6. The maximum absolute atomic E-state index is 4.51. The third kappa shape index (κ3) is 3.64. The first-order valence-electron chi connectivity index (χ1n) is 6.54. The van der Waals surface area contributed by atoms with Crippen LogP contribution in [0.25, 0.3) is 0 Å². The molecule has 0 spiro atoms. The van der Waals surface area contributed by atoms with Gasteiger partial charge < -0.3 is 10.2 Å². The van der Waals surface area contributed by atoms with E-state index in [1.165, 1.54) is 0 Å². The van der Waals surface area contributed by atoms with Gasteiger partial charge in [0.05, 0.1) is 0 Å². The molecule has 5 heteroatoms. The van der Waals surface area contributed by atoms with Crippen molar-refractivity contribution in [3.63, 3.8) is 0 Å². The third-order valence-electron chi connectivity index (χ3n) is 2.89. The minimum Gasteiger partial charge on any atom is -0.366 e. The standard InChI is InChI=1S/C14H19N5/c1-3-19(4-2)14-16-9-7-13(18-14)17-11-12-6-5-8-15-10-12/h5-10H,3-4,11H2,1-2H3,(H,16,17,18). The lowest BCUT2D eigenvalue weighted by Crippen LogP contribution is -2.24. The highest BCUT2D eigenvalue weighted by Crippen LogP contribution is 2.11. The normalized spacial score (nSPS) is 10.2. The van der Waals surface area contributed by atoms with Gasteiger partial charge in [-0.3, -0.25) is 4.98 Å². The summed E-state index contributed by atoms with van der Waals surface area (Å²) in [5.41, 5.74) is 1.13. The van der Waals surface area contributed by atoms with E-state index in [4.69, 9.17) is 0 Å². The van der Waals surface area contributed by atoms with Gasteiger partial charge in [0.25, 0.3) is 0 Å². The Morgan fingerprint density at radius 2 is 2.00 bits per heavy atom. The van der Waals surface area contributed by atoms with Gasteiger partial charge in [-0.25, -0.2) is 4.98 Å². The smallest absolute Gasteiger partial charge is 0.227 e. The number of pyridine rings is 1. The Hall–Kier alpha value is -2.17. The fourth-order valence-corrected chi connectivity index (χ4v) is 1.80. The van der Waals surface area contributed by atoms with Crippen molar-refractivity contribution >= 4 is 11.8 Å². The van der Waals surface area contributed by atoms with Gasteiger partial charge in [-0.05, 0) is 31.5 Å². The van der Waals surface area contributed by atoms with Crippen molar-refractivity contribution < 1.29 is 0 Å². The summed E-state index contributed by atoms with van der Waals surface area (Å²) in [6.07, 6.45) is 5.40. The Morgan fingerprint density at radius 3 is 2.68 bits per heavy atom. The molecule has 2 rings (SSSR count). The van der Waals surface area contributed by atoms with E-state index >= 15 is 0 Å². The van der Waals surface area contributed by atoms with Gasteiger partial charge in [0.2, 0.25) is 5.95 Å². The minimum atomic E-state index is 0.711. The van der Waals surface area contributed by atoms with Gasteiger partial charge in [0.15, 0.2) is 0 Å². The van der Waals surface area contributed by atoms with Gasteiger partial charge >= 0.3 is 0 Å². The van der Waals surface area contributed by atoms with Crippen LogP contribution in [0.4, 0.5) is 11.8 Å². The summed E-state index contributed by atoms with van der Waals surface area (Å²) in [4.78, 5) is 15.0. The molecule has 2 heterocycles. The lowest BCUT2D eigenvalue weighted by molar-refractivity contribution is 0.821. The van der Waals surface area contributed by atoms with Crippen LogP contribution in [0.5, 0.6) is 0 Å². The average Bonchev–Trinajstić information content (AvgIpc) is 2.48. The van der Waals surface area contributed by atoms with Crippen LogP contribution >= 0.6 is 0 Å². The maximum atomic E-state index is 4.51. The zero-order chi connectivity index (χ0) is 13.5. The van der Waals surface area contributed by atoms with Gasteiger partial charge in [-0.1, -0.05) is 6.07 Å². The Balaban J connectivity index is 2.03. The first kappa shape index (κ1) is 13.3. The van der Waals surface area contributed by atoms with E-state index in [-0.39, 0.29) is 0 Å². The molecule has 100 valence electrons. The SMILES string of the molecule is CCN(CC)c1nccc(NCc2cccnc2)n1. The van der Waals surface area contributed by atoms with Crippen molar-refractivity contribution in [1.82, 2.24) is 15.0 Å². The van der Waals surface area contributed by atoms with Crippen LogP contribution in [0.15, 0.2) is 36.8 Å². The first-order valence-corrected chi connectivity index (χ1v) is 6.54. The number of hydrogen-bond acceptors (Lipinski definition) is 5. The Labute approximate surface area is 113 Å². The molecule has 0 atom stereocenters. The molecular weight excluding hydrogens is 238 g/mol. The summed E-state index contributed by atoms with van der Waals surface area (Å²) in [5.74, 6) is 1.60. The van der Waals surface area contributed by atoms with Crippen molar-refractivity contribution in [3.05, 3.63) is 42.4 Å². The van der Waals surface area contributed by atoms with Crippen molar-refractivity contribution in [2.24, 2.45) is 0 Å². The number of aromatic nitrogens is 3. The monoisotopic (exact) mass is 257 g/mol. The summed E-state index contributed by atoms with van der Waals surface area (Å²) in [5, 5.41) is 3.29. The van der Waals surface area contributed by atoms with E-state index in [9.17, 15) is 0 Å². The largest absolute Gasteiger partial charge is 0.366 e. The van der Waals surface area contributed by atoms with E-state index in [1.807, 2.05) is 24.4 Å². The van der Waals surface area contributed by atoms with Gasteiger partial charge in [0, 0.05) is 38.2 Å². The van der Waals surface area contributed by atoms with Crippen LogP contribution in [0, 0.1) is 0 Å². The summed E-state index contributed by atoms with van der Waals surface area (Å²) in [6.45, 7) is 6.72. The van der Waals surface area contributed by atoms with Gasteiger partial charge in [-0.2, -0.15) is 4.98 Å². The number of anilines is 2. The number of hydrogen-bond donors (Lipinski definition) is 1. The second-order valence-corrected chi connectivity index (χ2v) is 4.13. The maximum Gasteiger partial charge on any atom is 0.227 e. The molecule has 0 radical (unpaired) electrons. The van der Waals surface area contributed by atoms with Crippen LogP contribution in [0.1, 0.15) is 19.4 Å². The Kier molecular flexibility index (Phi) is 4.66. The van der Waals surface area contributed by atoms with Crippen molar-refractivity contribution in [2.45, 2.75) is 20.4 Å². The van der Waals surface area contributed by atoms with Crippen molar-refractivity contribution in [1.29, 1.82) is 0 Å². The zero-order valence-electron chi connectivity index (χ0n) is 11.4. The highest BCUT2D eigenvalue weighted by atomic mass is 15.3. The van der Waals surface area contributed by atoms with Crippen LogP contribution < -0.4 is 10.2 Å². The van der Waals surface area contributed by atoms with Crippen LogP contribution in [-0.2, 0) is 6.54 Å². The fraction of sp³-hybridized carbons (Fsp3) is 0.357. The molecule has 1 N–H and O–H groups in total. The predicted molar refractivity (Wildman–Crippen MR) is 77.2 cm³/mol. The molecule has 0 aliphatic heterocycles. The quantitative estimate of drug-likeness (QED) is 0.860. The molecule has 0 saturated heterocycles. The summed E-state index contributed by atoms with van der Waals surface area (Å²) < 4.78 is 0. The molecule has 0 fully saturated rings. The lowest BCUT2D eigenvalue weighted by Gasteiger charge is -2.18. The van der Waals surface area contributed by atoms with Crippen LogP contribution in [-0.4, -0.2) is 28.0 Å². The van der Waals surface area contributed by atoms with Crippen molar-refractivity contribution in [2.75, 3.05) is 23.3 Å². The second kappa shape index (κ2) is 6.68. The molecule has 0 aliphatic rings. The zero-order valence-corrected chi connectivity index (χ0v) is 11.4. The molecule has 0 unspecified atom stereocenters. The highest BCUT2D eigenvalue weighted by molar-refractivity contribution is 5.41. The molecular formula is C14H19N5. The van der Waals surface area contributed by atoms with Crippen LogP contribution in [0.3, 0.4) is 0 Å². The number of nitrogens with zero attached hydrogens (tertiary/aromatic N) is 4. The minimum absolute atomic E-state index is 0.711. The predicted octanol–water partition coefficient (Wildman–Crippen LogP) is 2.33. The second-order valence-electron chi connectivity index (χ2n) is 4.13. The average molecular weight is 257 g/mol. The molecule has 19 heavy (non-hydrogen) atoms. The highest BCUT2D eigenvalue weighted by Gasteiger charge is 2.05. The van der Waals surface area contributed by atoms with E-state index in [0.29, 0.717) is 6.54 Å². The van der Waals surface area contributed by atoms with E-state index < -0.39 is 0 Å². The topological polar surface area (TPSA) is 53.9 Å². The summed E-state index contributed by atoms with van der Waals surface area (Å²) >= 11 is 0.